The lowest BCUT2D eigenvalue weighted by Crippen LogP contribution is -2.30. The first kappa shape index (κ1) is 89.5. The molecule has 0 spiro atoms. The predicted molar refractivity (Wildman–Crippen MR) is 372 cm³/mol. The summed E-state index contributed by atoms with van der Waals surface area (Å²) >= 11 is 0. The lowest BCUT2D eigenvalue weighted by atomic mass is 9.99. The van der Waals surface area contributed by atoms with Crippen molar-refractivity contribution in [2.24, 2.45) is 17.8 Å². The molecule has 0 saturated heterocycles. The van der Waals surface area contributed by atoms with Crippen LogP contribution in [0.5, 0.6) is 0 Å². The van der Waals surface area contributed by atoms with Gasteiger partial charge in [0.25, 0.3) is 0 Å². The van der Waals surface area contributed by atoms with Gasteiger partial charge in [-0.05, 0) is 69.1 Å². The second-order valence-electron chi connectivity index (χ2n) is 26.6. The molecule has 0 radical (unpaired) electrons. The summed E-state index contributed by atoms with van der Waals surface area (Å²) in [4.78, 5) is 72.6. The predicted octanol–water partition coefficient (Wildman–Crippen LogP) is 20.6. The van der Waals surface area contributed by atoms with Gasteiger partial charge in [-0.2, -0.15) is 0 Å². The van der Waals surface area contributed by atoms with E-state index in [9.17, 15) is 43.2 Å². The highest BCUT2D eigenvalue weighted by Crippen LogP contribution is 2.45. The molecular weight excluding hydrogens is 1210 g/mol. The summed E-state index contributed by atoms with van der Waals surface area (Å²) in [5.41, 5.74) is 0. The van der Waals surface area contributed by atoms with Crippen molar-refractivity contribution in [3.8, 4) is 0 Å². The van der Waals surface area contributed by atoms with E-state index in [0.29, 0.717) is 31.6 Å². The molecular formula is C73H138O17P2. The highest BCUT2D eigenvalue weighted by atomic mass is 31.2. The van der Waals surface area contributed by atoms with Crippen LogP contribution >= 0.6 is 15.6 Å². The molecule has 17 nitrogen and oxygen atoms in total. The largest absolute Gasteiger partial charge is 0.472 e. The van der Waals surface area contributed by atoms with Crippen molar-refractivity contribution in [2.45, 2.75) is 362 Å². The molecule has 19 heteroatoms. The minimum Gasteiger partial charge on any atom is -0.462 e. The van der Waals surface area contributed by atoms with Crippen LogP contribution in [0.15, 0.2) is 24.3 Å². The summed E-state index contributed by atoms with van der Waals surface area (Å²) in [6.45, 7) is 11.7. The van der Waals surface area contributed by atoms with Crippen molar-refractivity contribution in [3.63, 3.8) is 0 Å². The number of rotatable bonds is 69. The van der Waals surface area contributed by atoms with Gasteiger partial charge in [0.05, 0.1) is 26.4 Å². The van der Waals surface area contributed by atoms with E-state index in [0.717, 1.165) is 121 Å². The SMILES string of the molecule is CCCCCC/C=C\C=C/CCCCCCCC(=O)O[C@H](COC(=O)CCCCCCCCCCCCCCCCC(C)CC)COP(=O)(O)OC[C@@H](O)COP(=O)(O)OC[C@@H](COC(=O)CCCCCCCCC(C)C)OC(=O)CCCCCCCCC(C)CC. The van der Waals surface area contributed by atoms with Crippen LogP contribution in [-0.4, -0.2) is 96.7 Å². The van der Waals surface area contributed by atoms with Crippen LogP contribution in [0, 0.1) is 17.8 Å². The molecule has 0 fully saturated rings. The van der Waals surface area contributed by atoms with E-state index in [1.54, 1.807) is 0 Å². The number of phosphoric ester groups is 2. The van der Waals surface area contributed by atoms with Gasteiger partial charge in [-0.25, -0.2) is 9.13 Å². The molecule has 0 amide bonds. The molecule has 7 atom stereocenters. The fraction of sp³-hybridized carbons (Fsp3) is 0.890. The third kappa shape index (κ3) is 63.6. The lowest BCUT2D eigenvalue weighted by Gasteiger charge is -2.21. The van der Waals surface area contributed by atoms with Crippen molar-refractivity contribution in [3.05, 3.63) is 24.3 Å². The van der Waals surface area contributed by atoms with Crippen LogP contribution < -0.4 is 0 Å². The quantitative estimate of drug-likeness (QED) is 0.0169. The van der Waals surface area contributed by atoms with E-state index in [1.165, 1.54) is 135 Å². The summed E-state index contributed by atoms with van der Waals surface area (Å²) in [6, 6.07) is 0. The number of carbonyl (C=O) groups excluding carboxylic acids is 4. The minimum absolute atomic E-state index is 0.0846. The molecule has 542 valence electrons. The average molecular weight is 1350 g/mol. The average Bonchev–Trinajstić information content (AvgIpc) is 2.35. The van der Waals surface area contributed by atoms with Crippen molar-refractivity contribution in [1.82, 2.24) is 0 Å². The Balaban J connectivity index is 5.26. The zero-order valence-electron chi connectivity index (χ0n) is 59.5. The molecule has 0 heterocycles. The maximum atomic E-state index is 13.0. The van der Waals surface area contributed by atoms with Crippen molar-refractivity contribution in [2.75, 3.05) is 39.6 Å². The third-order valence-corrected chi connectivity index (χ3v) is 18.9. The van der Waals surface area contributed by atoms with Crippen molar-refractivity contribution in [1.29, 1.82) is 0 Å². The van der Waals surface area contributed by atoms with Crippen LogP contribution in [0.4, 0.5) is 0 Å². The smallest absolute Gasteiger partial charge is 0.462 e. The fourth-order valence-electron chi connectivity index (χ4n) is 10.5. The van der Waals surface area contributed by atoms with Gasteiger partial charge in [0, 0.05) is 25.7 Å². The van der Waals surface area contributed by atoms with E-state index >= 15 is 0 Å². The molecule has 0 aliphatic carbocycles. The van der Waals surface area contributed by atoms with Crippen LogP contribution in [0.3, 0.4) is 0 Å². The Hall–Kier alpha value is -2.46. The minimum atomic E-state index is -4.96. The summed E-state index contributed by atoms with van der Waals surface area (Å²) in [7, 11) is -9.92. The Morgan fingerprint density at radius 2 is 0.641 bits per heavy atom. The Kier molecular flexibility index (Phi) is 61.6. The van der Waals surface area contributed by atoms with E-state index in [1.807, 2.05) is 0 Å². The number of hydrogen-bond donors (Lipinski definition) is 3. The molecule has 0 bridgehead atoms. The van der Waals surface area contributed by atoms with Gasteiger partial charge in [-0.15, -0.1) is 0 Å². The first-order chi connectivity index (χ1) is 44.3. The first-order valence-corrected chi connectivity index (χ1v) is 40.2. The number of unbranched alkanes of at least 4 members (excludes halogenated alkanes) is 32. The molecule has 92 heavy (non-hydrogen) atoms. The number of aliphatic hydroxyl groups is 1. The highest BCUT2D eigenvalue weighted by Gasteiger charge is 2.30. The van der Waals surface area contributed by atoms with E-state index in [4.69, 9.17) is 37.0 Å². The first-order valence-electron chi connectivity index (χ1n) is 37.2. The Morgan fingerprint density at radius 3 is 0.967 bits per heavy atom. The number of esters is 4. The summed E-state index contributed by atoms with van der Waals surface area (Å²) in [5.74, 6) is 0.0858. The fourth-order valence-corrected chi connectivity index (χ4v) is 12.0. The second kappa shape index (κ2) is 63.3. The van der Waals surface area contributed by atoms with Crippen molar-refractivity contribution >= 4 is 39.5 Å². The molecule has 3 N–H and O–H groups in total. The molecule has 0 aromatic rings. The number of ether oxygens (including phenoxy) is 4. The zero-order chi connectivity index (χ0) is 68.0. The Morgan fingerprint density at radius 1 is 0.359 bits per heavy atom. The lowest BCUT2D eigenvalue weighted by molar-refractivity contribution is -0.161. The monoisotopic (exact) mass is 1350 g/mol. The van der Waals surface area contributed by atoms with Crippen LogP contribution in [-0.2, 0) is 65.4 Å². The van der Waals surface area contributed by atoms with E-state index in [-0.39, 0.29) is 25.7 Å². The Bertz CT molecular complexity index is 1900. The number of allylic oxidation sites excluding steroid dienone is 4. The van der Waals surface area contributed by atoms with Gasteiger partial charge in [0.2, 0.25) is 0 Å². The molecule has 0 rings (SSSR count). The zero-order valence-corrected chi connectivity index (χ0v) is 61.3. The topological polar surface area (TPSA) is 237 Å². The van der Waals surface area contributed by atoms with Gasteiger partial charge in [-0.3, -0.25) is 37.3 Å². The number of carbonyl (C=O) groups is 4. The van der Waals surface area contributed by atoms with Gasteiger partial charge in [0.1, 0.15) is 19.3 Å². The van der Waals surface area contributed by atoms with Gasteiger partial charge < -0.3 is 33.8 Å². The molecule has 4 unspecified atom stereocenters. The standard InChI is InChI=1S/C73H138O17P2/c1-8-11-12-13-14-15-16-17-18-23-26-29-32-42-49-56-72(77)89-68(60-83-70(75)54-47-40-31-28-25-22-20-19-21-24-27-30-38-45-52-65(6)9-2)62-87-91(79,80)85-58-67(74)59-86-92(81,82)88-63-69(61-84-71(76)55-48-41-35-33-37-44-51-64(4)5)90-73(78)57-50-43-36-34-39-46-53-66(7)10-3/h15-18,64-69,74H,8-14,19-63H2,1-7H3,(H,79,80)(H,81,82)/b16-15-,18-17-/t65?,66?,67-,68-,69-/m1/s1. The van der Waals surface area contributed by atoms with Crippen LogP contribution in [0.2, 0.25) is 0 Å². The second-order valence-corrected chi connectivity index (χ2v) is 29.5. The molecule has 0 aliphatic rings. The normalized spacial score (nSPS) is 14.9. The van der Waals surface area contributed by atoms with E-state index < -0.39 is 97.5 Å². The molecule has 0 aromatic carbocycles. The van der Waals surface area contributed by atoms with Gasteiger partial charge >= 0.3 is 39.5 Å². The molecule has 0 saturated carbocycles. The van der Waals surface area contributed by atoms with Gasteiger partial charge in [0.15, 0.2) is 12.2 Å². The highest BCUT2D eigenvalue weighted by molar-refractivity contribution is 7.47. The number of phosphoric acid groups is 2. The van der Waals surface area contributed by atoms with Crippen LogP contribution in [0.25, 0.3) is 0 Å². The third-order valence-electron chi connectivity index (χ3n) is 17.0. The molecule has 0 aliphatic heterocycles. The van der Waals surface area contributed by atoms with Gasteiger partial charge in [-0.1, -0.05) is 291 Å². The number of hydrogen-bond acceptors (Lipinski definition) is 15. The van der Waals surface area contributed by atoms with Crippen molar-refractivity contribution < 1.29 is 80.2 Å². The number of aliphatic hydroxyl groups excluding tert-OH is 1. The summed E-state index contributed by atoms with van der Waals surface area (Å²) in [6.07, 6.45) is 51.0. The van der Waals surface area contributed by atoms with E-state index in [2.05, 4.69) is 72.8 Å². The summed E-state index contributed by atoms with van der Waals surface area (Å²) < 4.78 is 68.3. The molecule has 0 aromatic heterocycles. The van der Waals surface area contributed by atoms with Crippen LogP contribution in [0.1, 0.15) is 344 Å². The maximum Gasteiger partial charge on any atom is 0.472 e. The Labute approximate surface area is 561 Å². The summed E-state index contributed by atoms with van der Waals surface area (Å²) in [5, 5.41) is 10.6. The maximum absolute atomic E-state index is 13.0.